The van der Waals surface area contributed by atoms with Gasteiger partial charge in [-0.15, -0.1) is 23.7 Å². The van der Waals surface area contributed by atoms with Crippen molar-refractivity contribution >= 4 is 67.0 Å². The second kappa shape index (κ2) is 9.70. The third-order valence-corrected chi connectivity index (χ3v) is 5.99. The molecule has 0 N–H and O–H groups in total. The van der Waals surface area contributed by atoms with Crippen molar-refractivity contribution < 1.29 is 4.92 Å². The molecule has 0 unspecified atom stereocenters. The second-order valence-corrected chi connectivity index (χ2v) is 8.78. The average Bonchev–Trinajstić information content (AvgIpc) is 3.11. The number of halogens is 3. The summed E-state index contributed by atoms with van der Waals surface area (Å²) >= 11 is 8.53. The van der Waals surface area contributed by atoms with Crippen molar-refractivity contribution in [2.24, 2.45) is 4.99 Å². The highest BCUT2D eigenvalue weighted by molar-refractivity contribution is 9.10. The minimum Gasteiger partial charge on any atom is -0.285 e. The lowest BCUT2D eigenvalue weighted by Crippen LogP contribution is -2.13. The first-order valence-corrected chi connectivity index (χ1v) is 11.0. The van der Waals surface area contributed by atoms with Crippen LogP contribution in [0.4, 0.5) is 11.4 Å². The lowest BCUT2D eigenvalue weighted by molar-refractivity contribution is -0.384. The fourth-order valence-corrected chi connectivity index (χ4v) is 4.57. The van der Waals surface area contributed by atoms with Crippen LogP contribution in [0.2, 0.25) is 0 Å². The van der Waals surface area contributed by atoms with E-state index in [9.17, 15) is 10.1 Å². The molecule has 0 aliphatic rings. The van der Waals surface area contributed by atoms with E-state index in [1.807, 2.05) is 53.9 Å². The van der Waals surface area contributed by atoms with Crippen LogP contribution in [0, 0.1) is 10.1 Å². The van der Waals surface area contributed by atoms with Crippen LogP contribution in [-0.4, -0.2) is 9.49 Å². The van der Waals surface area contributed by atoms with Gasteiger partial charge in [0.05, 0.1) is 16.3 Å². The Morgan fingerprint density at radius 1 is 0.933 bits per heavy atom. The normalized spacial score (nSPS) is 11.2. The van der Waals surface area contributed by atoms with Crippen molar-refractivity contribution in [3.05, 3.63) is 102 Å². The molecule has 5 nitrogen and oxygen atoms in total. The molecule has 0 aliphatic carbocycles. The SMILES string of the molecule is Cl.O=[N+]([O-])c1ccc(-c2csc(=Nc3cccc(Br)c3)n2-c2cccc(Br)c2)cc1. The first kappa shape index (κ1) is 22.4. The van der Waals surface area contributed by atoms with Gasteiger partial charge in [0.1, 0.15) is 0 Å². The van der Waals surface area contributed by atoms with Gasteiger partial charge in [-0.3, -0.25) is 14.7 Å². The number of nitro groups is 1. The van der Waals surface area contributed by atoms with E-state index in [-0.39, 0.29) is 18.1 Å². The molecule has 0 aliphatic heterocycles. The maximum atomic E-state index is 11.0. The van der Waals surface area contributed by atoms with Crippen LogP contribution in [0.25, 0.3) is 16.9 Å². The number of thiazole rings is 1. The van der Waals surface area contributed by atoms with Crippen molar-refractivity contribution in [2.75, 3.05) is 0 Å². The molecule has 3 aromatic carbocycles. The number of hydrogen-bond acceptors (Lipinski definition) is 4. The van der Waals surface area contributed by atoms with E-state index in [0.717, 1.165) is 36.4 Å². The molecule has 0 amide bonds. The van der Waals surface area contributed by atoms with Crippen LogP contribution < -0.4 is 4.80 Å². The Morgan fingerprint density at radius 3 is 2.23 bits per heavy atom. The lowest BCUT2D eigenvalue weighted by Gasteiger charge is -2.10. The Kier molecular flexibility index (Phi) is 7.25. The number of rotatable bonds is 4. The molecule has 4 rings (SSSR count). The first-order chi connectivity index (χ1) is 14.0. The van der Waals surface area contributed by atoms with E-state index in [4.69, 9.17) is 4.99 Å². The first-order valence-electron chi connectivity index (χ1n) is 8.53. The maximum absolute atomic E-state index is 11.0. The maximum Gasteiger partial charge on any atom is 0.269 e. The van der Waals surface area contributed by atoms with E-state index in [2.05, 4.69) is 36.4 Å². The number of nitro benzene ring substituents is 1. The Hall–Kier alpha value is -2.26. The highest BCUT2D eigenvalue weighted by atomic mass is 79.9. The summed E-state index contributed by atoms with van der Waals surface area (Å²) in [4.78, 5) is 16.2. The summed E-state index contributed by atoms with van der Waals surface area (Å²) in [7, 11) is 0. The molecule has 0 atom stereocenters. The van der Waals surface area contributed by atoms with Crippen molar-refractivity contribution in [3.63, 3.8) is 0 Å². The number of non-ortho nitro benzene ring substituents is 1. The Morgan fingerprint density at radius 2 is 1.60 bits per heavy atom. The van der Waals surface area contributed by atoms with Gasteiger partial charge < -0.3 is 0 Å². The minimum absolute atomic E-state index is 0. The topological polar surface area (TPSA) is 60.4 Å². The van der Waals surface area contributed by atoms with Crippen molar-refractivity contribution in [1.29, 1.82) is 0 Å². The van der Waals surface area contributed by atoms with Crippen LogP contribution in [0.15, 0.2) is 92.1 Å². The monoisotopic (exact) mass is 565 g/mol. The molecule has 0 bridgehead atoms. The predicted molar refractivity (Wildman–Crippen MR) is 130 cm³/mol. The van der Waals surface area contributed by atoms with Crippen LogP contribution in [-0.2, 0) is 0 Å². The zero-order valence-corrected chi connectivity index (χ0v) is 20.0. The Balaban J connectivity index is 0.00000256. The highest BCUT2D eigenvalue weighted by Gasteiger charge is 2.12. The third kappa shape index (κ3) is 4.89. The molecule has 1 aromatic heterocycles. The minimum atomic E-state index is -0.395. The number of aromatic nitrogens is 1. The summed E-state index contributed by atoms with van der Waals surface area (Å²) in [6.07, 6.45) is 0. The second-order valence-electron chi connectivity index (χ2n) is 6.11. The summed E-state index contributed by atoms with van der Waals surface area (Å²) < 4.78 is 3.97. The Bertz CT molecular complexity index is 1270. The van der Waals surface area contributed by atoms with E-state index in [0.29, 0.717) is 0 Å². The van der Waals surface area contributed by atoms with Crippen molar-refractivity contribution in [2.45, 2.75) is 0 Å². The van der Waals surface area contributed by atoms with Crippen LogP contribution in [0.3, 0.4) is 0 Å². The molecule has 0 spiro atoms. The van der Waals surface area contributed by atoms with Crippen LogP contribution in [0.1, 0.15) is 0 Å². The third-order valence-electron chi connectivity index (χ3n) is 4.18. The molecule has 0 radical (unpaired) electrons. The molecule has 1 heterocycles. The molecule has 0 saturated carbocycles. The van der Waals surface area contributed by atoms with Gasteiger partial charge in [-0.2, -0.15) is 0 Å². The van der Waals surface area contributed by atoms with Gasteiger partial charge in [0, 0.05) is 32.1 Å². The molecule has 9 heteroatoms. The van der Waals surface area contributed by atoms with E-state index < -0.39 is 4.92 Å². The highest BCUT2D eigenvalue weighted by Crippen LogP contribution is 2.27. The molecular weight excluding hydrogens is 554 g/mol. The van der Waals surface area contributed by atoms with Crippen LogP contribution >= 0.6 is 55.6 Å². The fraction of sp³-hybridized carbons (Fsp3) is 0. The molecule has 30 heavy (non-hydrogen) atoms. The fourth-order valence-electron chi connectivity index (χ4n) is 2.87. The summed E-state index contributed by atoms with van der Waals surface area (Å²) in [6, 6.07) is 22.3. The van der Waals surface area contributed by atoms with Crippen molar-refractivity contribution in [1.82, 2.24) is 4.57 Å². The summed E-state index contributed by atoms with van der Waals surface area (Å²) in [6.45, 7) is 0. The standard InChI is InChI=1S/C21H13Br2N3O2S.ClH/c22-15-3-1-5-17(11-15)24-21-25(19-6-2-4-16(23)12-19)20(13-29-21)14-7-9-18(10-8-14)26(27)28;/h1-13H;1H. The zero-order chi connectivity index (χ0) is 20.4. The van der Waals surface area contributed by atoms with E-state index >= 15 is 0 Å². The summed E-state index contributed by atoms with van der Waals surface area (Å²) in [5, 5.41) is 13.0. The van der Waals surface area contributed by atoms with E-state index in [1.54, 1.807) is 12.1 Å². The molecule has 0 saturated heterocycles. The number of nitrogens with zero attached hydrogens (tertiary/aromatic N) is 3. The van der Waals surface area contributed by atoms with Gasteiger partial charge in [0.2, 0.25) is 0 Å². The zero-order valence-electron chi connectivity index (χ0n) is 15.2. The summed E-state index contributed by atoms with van der Waals surface area (Å²) in [5.41, 5.74) is 3.64. The largest absolute Gasteiger partial charge is 0.285 e. The predicted octanol–water partition coefficient (Wildman–Crippen LogP) is 7.29. The number of hydrogen-bond donors (Lipinski definition) is 0. The van der Waals surface area contributed by atoms with Gasteiger partial charge in [-0.25, -0.2) is 4.99 Å². The van der Waals surface area contributed by atoms with E-state index in [1.165, 1.54) is 23.5 Å². The van der Waals surface area contributed by atoms with Crippen molar-refractivity contribution in [3.8, 4) is 16.9 Å². The molecule has 4 aromatic rings. The molecular formula is C21H14Br2ClN3O2S. The van der Waals surface area contributed by atoms with Gasteiger partial charge >= 0.3 is 0 Å². The number of benzene rings is 3. The van der Waals surface area contributed by atoms with Crippen LogP contribution in [0.5, 0.6) is 0 Å². The van der Waals surface area contributed by atoms with Gasteiger partial charge in [-0.05, 0) is 54.1 Å². The average molecular weight is 568 g/mol. The lowest BCUT2D eigenvalue weighted by atomic mass is 10.1. The smallest absolute Gasteiger partial charge is 0.269 e. The summed E-state index contributed by atoms with van der Waals surface area (Å²) in [5.74, 6) is 0. The Labute approximate surface area is 199 Å². The quantitative estimate of drug-likeness (QED) is 0.192. The van der Waals surface area contributed by atoms with Gasteiger partial charge in [0.25, 0.3) is 5.69 Å². The molecule has 0 fully saturated rings. The molecule has 152 valence electrons. The van der Waals surface area contributed by atoms with Gasteiger partial charge in [-0.1, -0.05) is 44.0 Å². The van der Waals surface area contributed by atoms with Gasteiger partial charge in [0.15, 0.2) is 4.80 Å².